The van der Waals surface area contributed by atoms with Crippen molar-refractivity contribution in [3.63, 3.8) is 0 Å². The number of aliphatic hydroxyl groups is 1. The lowest BCUT2D eigenvalue weighted by molar-refractivity contribution is 0.282. The molecule has 0 spiro atoms. The molecule has 1 saturated carbocycles. The van der Waals surface area contributed by atoms with E-state index in [0.29, 0.717) is 12.6 Å². The minimum absolute atomic E-state index is 0.172. The van der Waals surface area contributed by atoms with Gasteiger partial charge in [0.25, 0.3) is 0 Å². The van der Waals surface area contributed by atoms with Crippen LogP contribution >= 0.6 is 0 Å². The summed E-state index contributed by atoms with van der Waals surface area (Å²) in [6.45, 7) is 4.84. The average molecular weight is 221 g/mol. The van der Waals surface area contributed by atoms with Gasteiger partial charge in [0.05, 0.1) is 12.3 Å². The first-order chi connectivity index (χ1) is 7.72. The normalized spacial score (nSPS) is 15.9. The summed E-state index contributed by atoms with van der Waals surface area (Å²) in [4.78, 5) is 2.18. The first-order valence-electron chi connectivity index (χ1n) is 5.91. The molecule has 1 aliphatic rings. The summed E-state index contributed by atoms with van der Waals surface area (Å²) in [6, 6.07) is 2.61. The summed E-state index contributed by atoms with van der Waals surface area (Å²) in [5.74, 6) is 0.904. The van der Waals surface area contributed by atoms with Gasteiger partial charge in [-0.25, -0.2) is 0 Å². The van der Waals surface area contributed by atoms with Gasteiger partial charge in [-0.05, 0) is 44.7 Å². The van der Waals surface area contributed by atoms with E-state index in [1.54, 1.807) is 0 Å². The molecule has 1 N–H and O–H groups in total. The van der Waals surface area contributed by atoms with Crippen LogP contribution in [0.5, 0.6) is 0 Å². The Bertz CT molecular complexity index is 363. The molecule has 88 valence electrons. The smallest absolute Gasteiger partial charge is 0.151 e. The number of nitrogens with zero attached hydrogens (tertiary/aromatic N) is 3. The summed E-state index contributed by atoms with van der Waals surface area (Å²) >= 11 is 0. The molecule has 0 bridgehead atoms. The van der Waals surface area contributed by atoms with Crippen LogP contribution in [-0.2, 0) is 0 Å². The van der Waals surface area contributed by atoms with Crippen molar-refractivity contribution in [1.82, 2.24) is 10.2 Å². The molecule has 1 aromatic heterocycles. The lowest BCUT2D eigenvalue weighted by Crippen LogP contribution is -2.42. The average Bonchev–Trinajstić information content (AvgIpc) is 2.19. The van der Waals surface area contributed by atoms with E-state index < -0.39 is 0 Å². The molecule has 0 amide bonds. The molecule has 1 aliphatic carbocycles. The Labute approximate surface area is 96.3 Å². The lowest BCUT2D eigenvalue weighted by atomic mass is 9.91. The maximum atomic E-state index is 9.10. The Kier molecular flexibility index (Phi) is 3.39. The van der Waals surface area contributed by atoms with E-state index in [1.807, 2.05) is 13.8 Å². The van der Waals surface area contributed by atoms with Crippen LogP contribution in [0.25, 0.3) is 0 Å². The molecule has 0 unspecified atom stereocenters. The number of anilines is 1. The summed E-state index contributed by atoms with van der Waals surface area (Å²) < 4.78 is 0. The first kappa shape index (κ1) is 11.3. The number of aromatic nitrogens is 2. The third-order valence-electron chi connectivity index (χ3n) is 3.37. The minimum atomic E-state index is 0.172. The van der Waals surface area contributed by atoms with Crippen molar-refractivity contribution in [3.05, 3.63) is 17.3 Å². The molecule has 0 radical (unpaired) electrons. The van der Waals surface area contributed by atoms with Gasteiger partial charge < -0.3 is 10.0 Å². The van der Waals surface area contributed by atoms with Gasteiger partial charge in [0.15, 0.2) is 5.82 Å². The van der Waals surface area contributed by atoms with E-state index in [1.165, 1.54) is 19.3 Å². The van der Waals surface area contributed by atoms with Gasteiger partial charge in [-0.3, -0.25) is 0 Å². The van der Waals surface area contributed by atoms with E-state index in [-0.39, 0.29) is 6.61 Å². The van der Waals surface area contributed by atoms with Gasteiger partial charge in [0, 0.05) is 12.6 Å². The van der Waals surface area contributed by atoms with Crippen LogP contribution in [0.1, 0.15) is 30.5 Å². The molecular formula is C12H19N3O. The molecule has 0 aromatic carbocycles. The highest BCUT2D eigenvalue weighted by atomic mass is 16.3. The minimum Gasteiger partial charge on any atom is -0.395 e. The van der Waals surface area contributed by atoms with E-state index in [2.05, 4.69) is 21.2 Å². The molecule has 0 saturated heterocycles. The van der Waals surface area contributed by atoms with Crippen LogP contribution in [0.2, 0.25) is 0 Å². The van der Waals surface area contributed by atoms with E-state index in [0.717, 1.165) is 17.1 Å². The molecule has 2 rings (SSSR count). The van der Waals surface area contributed by atoms with Crippen molar-refractivity contribution in [2.75, 3.05) is 18.1 Å². The van der Waals surface area contributed by atoms with Crippen LogP contribution in [0.15, 0.2) is 6.07 Å². The zero-order valence-electron chi connectivity index (χ0n) is 9.98. The second kappa shape index (κ2) is 4.78. The van der Waals surface area contributed by atoms with Gasteiger partial charge in [-0.2, -0.15) is 5.10 Å². The quantitative estimate of drug-likeness (QED) is 0.836. The van der Waals surface area contributed by atoms with Crippen molar-refractivity contribution in [2.24, 2.45) is 0 Å². The Morgan fingerprint density at radius 1 is 1.38 bits per heavy atom. The van der Waals surface area contributed by atoms with Crippen molar-refractivity contribution >= 4 is 5.82 Å². The maximum Gasteiger partial charge on any atom is 0.151 e. The summed E-state index contributed by atoms with van der Waals surface area (Å²) in [5.41, 5.74) is 2.13. The standard InChI is InChI=1S/C12H19N3O/c1-9-8-12(14-13-10(9)2)15(6-7-16)11-4-3-5-11/h8,11,16H,3-7H2,1-2H3. The van der Waals surface area contributed by atoms with Crippen molar-refractivity contribution in [1.29, 1.82) is 0 Å². The van der Waals surface area contributed by atoms with Gasteiger partial charge in [0.2, 0.25) is 0 Å². The predicted molar refractivity (Wildman–Crippen MR) is 63.6 cm³/mol. The Morgan fingerprint density at radius 3 is 2.62 bits per heavy atom. The molecule has 0 atom stereocenters. The molecular weight excluding hydrogens is 202 g/mol. The lowest BCUT2D eigenvalue weighted by Gasteiger charge is -2.37. The SMILES string of the molecule is Cc1cc(N(CCO)C2CCC2)nnc1C. The summed E-state index contributed by atoms with van der Waals surface area (Å²) in [7, 11) is 0. The predicted octanol–water partition coefficient (Wildman–Crippen LogP) is 1.44. The Hall–Kier alpha value is -1.16. The monoisotopic (exact) mass is 221 g/mol. The van der Waals surface area contributed by atoms with Crippen LogP contribution < -0.4 is 4.90 Å². The summed E-state index contributed by atoms with van der Waals surface area (Å²) in [5, 5.41) is 17.5. The highest BCUT2D eigenvalue weighted by Crippen LogP contribution is 2.28. The second-order valence-electron chi connectivity index (χ2n) is 4.47. The van der Waals surface area contributed by atoms with Crippen LogP contribution in [0.4, 0.5) is 5.82 Å². The van der Waals surface area contributed by atoms with Crippen molar-refractivity contribution < 1.29 is 5.11 Å². The second-order valence-corrected chi connectivity index (χ2v) is 4.47. The van der Waals surface area contributed by atoms with Gasteiger partial charge in [0.1, 0.15) is 0 Å². The molecule has 4 nitrogen and oxygen atoms in total. The number of aryl methyl sites for hydroxylation is 2. The third-order valence-corrected chi connectivity index (χ3v) is 3.37. The van der Waals surface area contributed by atoms with Crippen molar-refractivity contribution in [3.8, 4) is 0 Å². The largest absolute Gasteiger partial charge is 0.395 e. The molecule has 16 heavy (non-hydrogen) atoms. The number of hydrogen-bond donors (Lipinski definition) is 1. The van der Waals surface area contributed by atoms with Crippen LogP contribution in [0, 0.1) is 13.8 Å². The van der Waals surface area contributed by atoms with E-state index in [9.17, 15) is 0 Å². The molecule has 1 heterocycles. The van der Waals surface area contributed by atoms with E-state index in [4.69, 9.17) is 5.11 Å². The number of aliphatic hydroxyl groups excluding tert-OH is 1. The maximum absolute atomic E-state index is 9.10. The fourth-order valence-corrected chi connectivity index (χ4v) is 1.96. The van der Waals surface area contributed by atoms with Crippen molar-refractivity contribution in [2.45, 2.75) is 39.2 Å². The van der Waals surface area contributed by atoms with Gasteiger partial charge in [-0.15, -0.1) is 5.10 Å². The van der Waals surface area contributed by atoms with Crippen LogP contribution in [-0.4, -0.2) is 34.5 Å². The molecule has 4 heteroatoms. The first-order valence-corrected chi connectivity index (χ1v) is 5.91. The molecule has 1 aromatic rings. The fraction of sp³-hybridized carbons (Fsp3) is 0.667. The molecule has 1 fully saturated rings. The summed E-state index contributed by atoms with van der Waals surface area (Å²) in [6.07, 6.45) is 3.69. The zero-order valence-corrected chi connectivity index (χ0v) is 9.98. The third kappa shape index (κ3) is 2.16. The van der Waals surface area contributed by atoms with Crippen LogP contribution in [0.3, 0.4) is 0 Å². The van der Waals surface area contributed by atoms with E-state index >= 15 is 0 Å². The molecule has 0 aliphatic heterocycles. The van der Waals surface area contributed by atoms with Gasteiger partial charge >= 0.3 is 0 Å². The highest BCUT2D eigenvalue weighted by Gasteiger charge is 2.25. The Balaban J connectivity index is 2.20. The number of rotatable bonds is 4. The fourth-order valence-electron chi connectivity index (χ4n) is 1.96. The van der Waals surface area contributed by atoms with Gasteiger partial charge in [-0.1, -0.05) is 0 Å². The Morgan fingerprint density at radius 2 is 2.12 bits per heavy atom. The number of hydrogen-bond acceptors (Lipinski definition) is 4. The highest BCUT2D eigenvalue weighted by molar-refractivity contribution is 5.42. The zero-order chi connectivity index (χ0) is 11.5. The topological polar surface area (TPSA) is 49.2 Å².